The molecule has 0 unspecified atom stereocenters. The number of benzene rings is 1. The highest BCUT2D eigenvalue weighted by Gasteiger charge is 2.22. The van der Waals surface area contributed by atoms with E-state index in [1.807, 2.05) is 25.3 Å². The Bertz CT molecular complexity index is 592. The minimum atomic E-state index is 0.499. The lowest BCUT2D eigenvalue weighted by atomic mass is 9.91. The second kappa shape index (κ2) is 5.53. The van der Waals surface area contributed by atoms with Crippen molar-refractivity contribution in [1.29, 1.82) is 0 Å². The molecule has 0 bridgehead atoms. The van der Waals surface area contributed by atoms with E-state index in [4.69, 9.17) is 9.47 Å². The molecule has 1 aliphatic rings. The van der Waals surface area contributed by atoms with Crippen LogP contribution < -0.4 is 9.47 Å². The Morgan fingerprint density at radius 3 is 2.95 bits per heavy atom. The Balaban J connectivity index is 1.74. The third kappa shape index (κ3) is 2.62. The predicted molar refractivity (Wildman–Crippen MR) is 78.4 cm³/mol. The van der Waals surface area contributed by atoms with Crippen molar-refractivity contribution in [2.24, 2.45) is 5.92 Å². The summed E-state index contributed by atoms with van der Waals surface area (Å²) in [6.07, 6.45) is 4.00. The smallest absolute Gasteiger partial charge is 0.164 e. The Kier molecular flexibility index (Phi) is 3.59. The van der Waals surface area contributed by atoms with Crippen LogP contribution in [0.1, 0.15) is 16.8 Å². The Morgan fingerprint density at radius 2 is 2.20 bits per heavy atom. The molecular formula is C17H19NO2. The molecule has 0 aliphatic carbocycles. The lowest BCUT2D eigenvalue weighted by molar-refractivity contribution is 0.211. The summed E-state index contributed by atoms with van der Waals surface area (Å²) in [5.41, 5.74) is 3.57. The fourth-order valence-electron chi connectivity index (χ4n) is 2.70. The highest BCUT2D eigenvalue weighted by molar-refractivity contribution is 5.47. The van der Waals surface area contributed by atoms with Crippen LogP contribution in [0.5, 0.6) is 11.5 Å². The summed E-state index contributed by atoms with van der Waals surface area (Å²) in [4.78, 5) is 4.36. The van der Waals surface area contributed by atoms with Crippen LogP contribution in [-0.2, 0) is 12.8 Å². The standard InChI is InChI=1S/C17H19NO2/c1-12-6-7-13(10-18-12)8-14-9-15-4-3-5-16(19-2)17(15)20-11-14/h3-7,10,14H,8-9,11H2,1-2H3/t14-/m0/s1. The van der Waals surface area contributed by atoms with E-state index in [1.54, 1.807) is 7.11 Å². The molecule has 3 heteroatoms. The van der Waals surface area contributed by atoms with Crippen molar-refractivity contribution in [2.75, 3.05) is 13.7 Å². The van der Waals surface area contributed by atoms with E-state index in [1.165, 1.54) is 11.1 Å². The van der Waals surface area contributed by atoms with Gasteiger partial charge in [-0.25, -0.2) is 0 Å². The number of pyridine rings is 1. The average molecular weight is 269 g/mol. The van der Waals surface area contributed by atoms with Crippen molar-refractivity contribution in [3.8, 4) is 11.5 Å². The van der Waals surface area contributed by atoms with Gasteiger partial charge in [0.05, 0.1) is 13.7 Å². The van der Waals surface area contributed by atoms with Crippen LogP contribution >= 0.6 is 0 Å². The third-order valence-electron chi connectivity index (χ3n) is 3.75. The molecule has 0 spiro atoms. The van der Waals surface area contributed by atoms with Gasteiger partial charge in [0.2, 0.25) is 0 Å². The molecule has 3 rings (SSSR count). The van der Waals surface area contributed by atoms with Gasteiger partial charge in [0, 0.05) is 17.8 Å². The summed E-state index contributed by atoms with van der Waals surface area (Å²) in [5, 5.41) is 0. The van der Waals surface area contributed by atoms with Crippen LogP contribution in [0.4, 0.5) is 0 Å². The zero-order valence-corrected chi connectivity index (χ0v) is 11.9. The van der Waals surface area contributed by atoms with Gasteiger partial charge in [0.1, 0.15) is 0 Å². The van der Waals surface area contributed by atoms with Crippen molar-refractivity contribution in [1.82, 2.24) is 4.98 Å². The van der Waals surface area contributed by atoms with Gasteiger partial charge in [0.25, 0.3) is 0 Å². The summed E-state index contributed by atoms with van der Waals surface area (Å²) in [7, 11) is 1.68. The maximum Gasteiger partial charge on any atom is 0.164 e. The maximum atomic E-state index is 5.91. The zero-order valence-electron chi connectivity index (χ0n) is 11.9. The number of aromatic nitrogens is 1. The molecule has 2 aromatic rings. The summed E-state index contributed by atoms with van der Waals surface area (Å²) < 4.78 is 11.3. The number of nitrogens with zero attached hydrogens (tertiary/aromatic N) is 1. The minimum Gasteiger partial charge on any atom is -0.493 e. The molecular weight excluding hydrogens is 250 g/mol. The van der Waals surface area contributed by atoms with Crippen LogP contribution in [0.15, 0.2) is 36.5 Å². The van der Waals surface area contributed by atoms with Crippen molar-refractivity contribution in [3.05, 3.63) is 53.3 Å². The van der Waals surface area contributed by atoms with E-state index in [0.717, 1.165) is 36.6 Å². The van der Waals surface area contributed by atoms with Gasteiger partial charge in [-0.1, -0.05) is 18.2 Å². The van der Waals surface area contributed by atoms with Crippen molar-refractivity contribution < 1.29 is 9.47 Å². The van der Waals surface area contributed by atoms with E-state index in [2.05, 4.69) is 23.2 Å². The van der Waals surface area contributed by atoms with E-state index in [-0.39, 0.29) is 0 Å². The summed E-state index contributed by atoms with van der Waals surface area (Å²) >= 11 is 0. The van der Waals surface area contributed by atoms with Crippen LogP contribution in [-0.4, -0.2) is 18.7 Å². The first kappa shape index (κ1) is 13.0. The topological polar surface area (TPSA) is 31.4 Å². The SMILES string of the molecule is COc1cccc2c1OC[C@@H](Cc1ccc(C)nc1)C2. The summed E-state index contributed by atoms with van der Waals surface area (Å²) in [5.74, 6) is 2.24. The lowest BCUT2D eigenvalue weighted by Crippen LogP contribution is -2.23. The number of ether oxygens (including phenoxy) is 2. The first-order chi connectivity index (χ1) is 9.76. The number of fused-ring (bicyclic) bond motifs is 1. The Labute approximate surface area is 119 Å². The Morgan fingerprint density at radius 1 is 1.30 bits per heavy atom. The van der Waals surface area contributed by atoms with Gasteiger partial charge in [-0.2, -0.15) is 0 Å². The molecule has 1 aliphatic heterocycles. The van der Waals surface area contributed by atoms with E-state index >= 15 is 0 Å². The van der Waals surface area contributed by atoms with Gasteiger partial charge in [-0.3, -0.25) is 4.98 Å². The first-order valence-corrected chi connectivity index (χ1v) is 6.96. The van der Waals surface area contributed by atoms with Crippen molar-refractivity contribution in [2.45, 2.75) is 19.8 Å². The van der Waals surface area contributed by atoms with Gasteiger partial charge in [0.15, 0.2) is 11.5 Å². The molecule has 3 nitrogen and oxygen atoms in total. The molecule has 2 heterocycles. The molecule has 0 saturated heterocycles. The maximum absolute atomic E-state index is 5.91. The molecule has 20 heavy (non-hydrogen) atoms. The van der Waals surface area contributed by atoms with Gasteiger partial charge in [-0.05, 0) is 43.0 Å². The number of methoxy groups -OCH3 is 1. The van der Waals surface area contributed by atoms with Crippen LogP contribution in [0, 0.1) is 12.8 Å². The predicted octanol–water partition coefficient (Wildman–Crippen LogP) is 3.19. The summed E-state index contributed by atoms with van der Waals surface area (Å²) in [6.45, 7) is 2.75. The second-order valence-corrected chi connectivity index (χ2v) is 5.34. The van der Waals surface area contributed by atoms with Gasteiger partial charge >= 0.3 is 0 Å². The van der Waals surface area contributed by atoms with Crippen molar-refractivity contribution in [3.63, 3.8) is 0 Å². The molecule has 1 aromatic heterocycles. The number of rotatable bonds is 3. The number of para-hydroxylation sites is 1. The number of hydrogen-bond donors (Lipinski definition) is 0. The molecule has 0 N–H and O–H groups in total. The van der Waals surface area contributed by atoms with Gasteiger partial charge in [-0.15, -0.1) is 0 Å². The molecule has 1 atom stereocenters. The van der Waals surface area contributed by atoms with E-state index < -0.39 is 0 Å². The molecule has 104 valence electrons. The van der Waals surface area contributed by atoms with Crippen LogP contribution in [0.25, 0.3) is 0 Å². The van der Waals surface area contributed by atoms with Crippen molar-refractivity contribution >= 4 is 0 Å². The van der Waals surface area contributed by atoms with E-state index in [9.17, 15) is 0 Å². The first-order valence-electron chi connectivity index (χ1n) is 6.96. The fraction of sp³-hybridized carbons (Fsp3) is 0.353. The van der Waals surface area contributed by atoms with Gasteiger partial charge < -0.3 is 9.47 Å². The molecule has 1 aromatic carbocycles. The van der Waals surface area contributed by atoms with Crippen LogP contribution in [0.3, 0.4) is 0 Å². The fourth-order valence-corrected chi connectivity index (χ4v) is 2.70. The molecule has 0 saturated carbocycles. The highest BCUT2D eigenvalue weighted by Crippen LogP contribution is 2.36. The lowest BCUT2D eigenvalue weighted by Gasteiger charge is -2.26. The normalized spacial score (nSPS) is 17.2. The largest absolute Gasteiger partial charge is 0.493 e. The summed E-state index contributed by atoms with van der Waals surface area (Å²) in [6, 6.07) is 10.3. The zero-order chi connectivity index (χ0) is 13.9. The third-order valence-corrected chi connectivity index (χ3v) is 3.75. The molecule has 0 fully saturated rings. The monoisotopic (exact) mass is 269 g/mol. The number of hydrogen-bond acceptors (Lipinski definition) is 3. The highest BCUT2D eigenvalue weighted by atomic mass is 16.5. The quantitative estimate of drug-likeness (QED) is 0.857. The molecule has 0 amide bonds. The van der Waals surface area contributed by atoms with E-state index in [0.29, 0.717) is 5.92 Å². The average Bonchev–Trinajstić information content (AvgIpc) is 2.49. The number of aryl methyl sites for hydroxylation is 1. The van der Waals surface area contributed by atoms with Crippen LogP contribution in [0.2, 0.25) is 0 Å². The molecule has 0 radical (unpaired) electrons. The Hall–Kier alpha value is -2.03. The minimum absolute atomic E-state index is 0.499. The second-order valence-electron chi connectivity index (χ2n) is 5.34.